The van der Waals surface area contributed by atoms with Crippen molar-refractivity contribution >= 4 is 17.4 Å². The van der Waals surface area contributed by atoms with Gasteiger partial charge in [0.05, 0.1) is 14.2 Å². The zero-order chi connectivity index (χ0) is 20.8. The van der Waals surface area contributed by atoms with Crippen LogP contribution >= 0.6 is 0 Å². The minimum atomic E-state index is -0.703. The number of rotatable bonds is 8. The summed E-state index contributed by atoms with van der Waals surface area (Å²) >= 11 is 0. The van der Waals surface area contributed by atoms with Gasteiger partial charge in [-0.25, -0.2) is 4.79 Å². The largest absolute Gasteiger partial charge is 0.493 e. The van der Waals surface area contributed by atoms with E-state index in [1.165, 1.54) is 29.8 Å². The van der Waals surface area contributed by atoms with E-state index in [1.54, 1.807) is 19.1 Å². The van der Waals surface area contributed by atoms with Gasteiger partial charge in [-0.15, -0.1) is 0 Å². The molecule has 2 aromatic rings. The van der Waals surface area contributed by atoms with Crippen molar-refractivity contribution in [3.63, 3.8) is 0 Å². The smallest absolute Gasteiger partial charge is 0.330 e. The van der Waals surface area contributed by atoms with Crippen molar-refractivity contribution in [2.24, 2.45) is 0 Å². The maximum Gasteiger partial charge on any atom is 0.330 e. The van der Waals surface area contributed by atoms with Crippen molar-refractivity contribution in [2.45, 2.75) is 33.2 Å². The number of nitrogens with two attached hydrogens (primary N) is 1. The van der Waals surface area contributed by atoms with Gasteiger partial charge in [-0.1, -0.05) is 13.3 Å². The van der Waals surface area contributed by atoms with Crippen molar-refractivity contribution in [2.75, 3.05) is 31.4 Å². The molecule has 0 bridgehead atoms. The van der Waals surface area contributed by atoms with Crippen LogP contribution in [0.2, 0.25) is 0 Å². The maximum atomic E-state index is 13.1. The van der Waals surface area contributed by atoms with E-state index < -0.39 is 17.2 Å². The van der Waals surface area contributed by atoms with Crippen LogP contribution in [-0.4, -0.2) is 36.2 Å². The van der Waals surface area contributed by atoms with Crippen LogP contribution in [0.1, 0.15) is 37.0 Å². The zero-order valence-electron chi connectivity index (χ0n) is 16.6. The summed E-state index contributed by atoms with van der Waals surface area (Å²) in [7, 11) is 2.97. The van der Waals surface area contributed by atoms with Gasteiger partial charge in [-0.05, 0) is 31.5 Å². The van der Waals surface area contributed by atoms with E-state index in [1.807, 2.05) is 6.92 Å². The minimum Gasteiger partial charge on any atom is -0.493 e. The second kappa shape index (κ2) is 9.12. The van der Waals surface area contributed by atoms with Crippen LogP contribution in [0.3, 0.4) is 0 Å². The minimum absolute atomic E-state index is 0.0297. The third kappa shape index (κ3) is 4.03. The number of benzene rings is 1. The van der Waals surface area contributed by atoms with Gasteiger partial charge >= 0.3 is 5.69 Å². The molecule has 152 valence electrons. The molecule has 0 unspecified atom stereocenters. The fourth-order valence-corrected chi connectivity index (χ4v) is 2.90. The molecule has 0 saturated heterocycles. The molecule has 0 fully saturated rings. The number of unbranched alkanes of at least 4 members (excludes halogenated alkanes) is 1. The van der Waals surface area contributed by atoms with Gasteiger partial charge < -0.3 is 20.1 Å². The number of methoxy groups -OCH3 is 2. The van der Waals surface area contributed by atoms with Crippen LogP contribution in [0.15, 0.2) is 27.8 Å². The molecule has 0 spiro atoms. The van der Waals surface area contributed by atoms with Crippen LogP contribution in [0.4, 0.5) is 11.5 Å². The Balaban J connectivity index is 2.55. The third-order valence-corrected chi connectivity index (χ3v) is 4.41. The SMILES string of the molecule is CCCCn1c(N)c(N(CC)C(=O)c2ccc(OC)c(OC)c2)c(=O)[nH]c1=O. The summed E-state index contributed by atoms with van der Waals surface area (Å²) in [5.74, 6) is 0.394. The summed E-state index contributed by atoms with van der Waals surface area (Å²) in [6, 6.07) is 4.71. The predicted molar refractivity (Wildman–Crippen MR) is 108 cm³/mol. The summed E-state index contributed by atoms with van der Waals surface area (Å²) in [6.07, 6.45) is 1.56. The number of aromatic amines is 1. The molecule has 28 heavy (non-hydrogen) atoms. The topological polar surface area (TPSA) is 120 Å². The summed E-state index contributed by atoms with van der Waals surface area (Å²) in [5.41, 5.74) is 5.09. The van der Waals surface area contributed by atoms with E-state index >= 15 is 0 Å². The maximum absolute atomic E-state index is 13.1. The van der Waals surface area contributed by atoms with E-state index in [2.05, 4.69) is 4.98 Å². The number of anilines is 2. The lowest BCUT2D eigenvalue weighted by atomic mass is 10.1. The highest BCUT2D eigenvalue weighted by Gasteiger charge is 2.24. The highest BCUT2D eigenvalue weighted by atomic mass is 16.5. The molecular weight excluding hydrogens is 364 g/mol. The number of carbonyl (C=O) groups excluding carboxylic acids is 1. The fourth-order valence-electron chi connectivity index (χ4n) is 2.90. The molecule has 0 radical (unpaired) electrons. The molecule has 3 N–H and O–H groups in total. The lowest BCUT2D eigenvalue weighted by Crippen LogP contribution is -2.41. The van der Waals surface area contributed by atoms with Crippen molar-refractivity contribution in [3.8, 4) is 11.5 Å². The first-order valence-electron chi connectivity index (χ1n) is 9.05. The number of ether oxygens (including phenoxy) is 2. The van der Waals surface area contributed by atoms with Gasteiger partial charge in [0.25, 0.3) is 11.5 Å². The Kier molecular flexibility index (Phi) is 6.86. The van der Waals surface area contributed by atoms with Crippen molar-refractivity contribution < 1.29 is 14.3 Å². The first-order valence-corrected chi connectivity index (χ1v) is 9.05. The molecule has 9 heteroatoms. The molecule has 9 nitrogen and oxygen atoms in total. The van der Waals surface area contributed by atoms with Crippen LogP contribution in [-0.2, 0) is 6.54 Å². The first-order chi connectivity index (χ1) is 13.4. The number of H-pyrrole nitrogens is 1. The Labute approximate surface area is 162 Å². The Morgan fingerprint density at radius 2 is 1.86 bits per heavy atom. The van der Waals surface area contributed by atoms with E-state index in [4.69, 9.17) is 15.2 Å². The molecule has 0 atom stereocenters. The van der Waals surface area contributed by atoms with Gasteiger partial charge in [0.2, 0.25) is 0 Å². The second-order valence-electron chi connectivity index (χ2n) is 6.12. The monoisotopic (exact) mass is 390 g/mol. The zero-order valence-corrected chi connectivity index (χ0v) is 16.6. The summed E-state index contributed by atoms with van der Waals surface area (Å²) in [4.78, 5) is 41.2. The number of hydrogen-bond donors (Lipinski definition) is 2. The normalized spacial score (nSPS) is 10.6. The molecule has 1 amide bonds. The van der Waals surface area contributed by atoms with E-state index in [0.717, 1.165) is 6.42 Å². The van der Waals surface area contributed by atoms with Crippen molar-refractivity contribution in [1.82, 2.24) is 9.55 Å². The number of amides is 1. The lowest BCUT2D eigenvalue weighted by Gasteiger charge is -2.23. The fraction of sp³-hybridized carbons (Fsp3) is 0.421. The van der Waals surface area contributed by atoms with Crippen LogP contribution in [0.5, 0.6) is 11.5 Å². The van der Waals surface area contributed by atoms with Crippen LogP contribution in [0.25, 0.3) is 0 Å². The van der Waals surface area contributed by atoms with E-state index in [9.17, 15) is 14.4 Å². The quantitative estimate of drug-likeness (QED) is 0.706. The van der Waals surface area contributed by atoms with Crippen LogP contribution < -0.4 is 31.4 Å². The highest BCUT2D eigenvalue weighted by Crippen LogP contribution is 2.29. The number of carbonyl (C=O) groups is 1. The van der Waals surface area contributed by atoms with E-state index in [-0.39, 0.29) is 18.1 Å². The Morgan fingerprint density at radius 3 is 2.43 bits per heavy atom. The molecular formula is C19H26N4O5. The molecule has 0 aliphatic carbocycles. The average molecular weight is 390 g/mol. The molecule has 0 saturated carbocycles. The first kappa shape index (κ1) is 21.1. The number of nitrogen functional groups attached to an aromatic ring is 1. The third-order valence-electron chi connectivity index (χ3n) is 4.41. The van der Waals surface area contributed by atoms with Crippen LogP contribution in [0, 0.1) is 0 Å². The summed E-state index contributed by atoms with van der Waals surface area (Å²) in [6.45, 7) is 4.24. The Hall–Kier alpha value is -3.23. The summed E-state index contributed by atoms with van der Waals surface area (Å²) in [5, 5.41) is 0. The highest BCUT2D eigenvalue weighted by molar-refractivity contribution is 6.07. The molecule has 2 rings (SSSR count). The molecule has 1 aromatic heterocycles. The van der Waals surface area contributed by atoms with Crippen molar-refractivity contribution in [3.05, 3.63) is 44.6 Å². The molecule has 1 aromatic carbocycles. The van der Waals surface area contributed by atoms with Crippen molar-refractivity contribution in [1.29, 1.82) is 0 Å². The van der Waals surface area contributed by atoms with Gasteiger partial charge in [-0.3, -0.25) is 19.1 Å². The van der Waals surface area contributed by atoms with Gasteiger partial charge in [-0.2, -0.15) is 0 Å². The number of nitrogens with zero attached hydrogens (tertiary/aromatic N) is 2. The molecule has 0 aliphatic heterocycles. The standard InChI is InChI=1S/C19H26N4O5/c1-5-7-10-23-16(20)15(17(24)21-19(23)26)22(6-2)18(25)12-8-9-13(27-3)14(11-12)28-4/h8-9,11H,5-7,10,20H2,1-4H3,(H,21,24,26). The second-order valence-corrected chi connectivity index (χ2v) is 6.12. The lowest BCUT2D eigenvalue weighted by molar-refractivity contribution is 0.0987. The van der Waals surface area contributed by atoms with E-state index in [0.29, 0.717) is 30.0 Å². The summed E-state index contributed by atoms with van der Waals surface area (Å²) < 4.78 is 11.7. The number of hydrogen-bond acceptors (Lipinski definition) is 6. The van der Waals surface area contributed by atoms with Gasteiger partial charge in [0, 0.05) is 18.7 Å². The molecule has 0 aliphatic rings. The Morgan fingerprint density at radius 1 is 1.18 bits per heavy atom. The molecule has 1 heterocycles. The predicted octanol–water partition coefficient (Wildman–Crippen LogP) is 1.60. The number of nitrogens with one attached hydrogen (secondary N) is 1. The number of aromatic nitrogens is 2. The Bertz CT molecular complexity index is 964. The average Bonchev–Trinajstić information content (AvgIpc) is 2.69. The van der Waals surface area contributed by atoms with Gasteiger partial charge in [0.1, 0.15) is 5.82 Å². The van der Waals surface area contributed by atoms with Gasteiger partial charge in [0.15, 0.2) is 17.2 Å².